The Balaban J connectivity index is 2.17. The fourth-order valence-corrected chi connectivity index (χ4v) is 2.53. The minimum Gasteiger partial charge on any atom is -0.329 e. The van der Waals surface area contributed by atoms with Crippen LogP contribution in [0.1, 0.15) is 0 Å². The fraction of sp³-hybridized carbons (Fsp3) is 0.118. The highest BCUT2D eigenvalue weighted by Gasteiger charge is 2.14. The molecule has 3 heteroatoms. The lowest BCUT2D eigenvalue weighted by molar-refractivity contribution is 0.774. The van der Waals surface area contributed by atoms with Crippen LogP contribution < -0.4 is 0 Å². The second kappa shape index (κ2) is 5.93. The molecule has 100 valence electrons. The molecule has 2 nitrogen and oxygen atoms in total. The Hall–Kier alpha value is -2.06. The molecule has 3 rings (SSSR count). The van der Waals surface area contributed by atoms with Gasteiger partial charge in [-0.25, -0.2) is 4.98 Å². The van der Waals surface area contributed by atoms with Crippen molar-refractivity contribution < 1.29 is 0 Å². The van der Waals surface area contributed by atoms with Gasteiger partial charge >= 0.3 is 0 Å². The molecule has 20 heavy (non-hydrogen) atoms. The normalized spacial score (nSPS) is 10.7. The number of nitrogens with zero attached hydrogens (tertiary/aromatic N) is 2. The number of benzene rings is 2. The van der Waals surface area contributed by atoms with Gasteiger partial charge in [-0.1, -0.05) is 60.7 Å². The van der Waals surface area contributed by atoms with Crippen LogP contribution in [0, 0.1) is 0 Å². The minimum atomic E-state index is 0.574. The van der Waals surface area contributed by atoms with Gasteiger partial charge in [-0.2, -0.15) is 0 Å². The molecular formula is C17H15ClN2. The standard InChI is InChI=1S/C17H15ClN2/c18-11-12-20-13-19-16(14-7-3-1-4-8-14)17(20)15-9-5-2-6-10-15/h1-10,13H,11-12H2. The van der Waals surface area contributed by atoms with Crippen molar-refractivity contribution in [2.75, 3.05) is 5.88 Å². The second-order valence-corrected chi connectivity index (χ2v) is 4.93. The van der Waals surface area contributed by atoms with Crippen LogP contribution in [-0.4, -0.2) is 15.4 Å². The predicted octanol–water partition coefficient (Wildman–Crippen LogP) is 4.46. The number of aryl methyl sites for hydroxylation is 1. The molecule has 1 heterocycles. The van der Waals surface area contributed by atoms with Crippen LogP contribution >= 0.6 is 11.6 Å². The number of hydrogen-bond acceptors (Lipinski definition) is 1. The highest BCUT2D eigenvalue weighted by Crippen LogP contribution is 2.30. The first-order valence-electron chi connectivity index (χ1n) is 6.62. The molecule has 0 fully saturated rings. The first kappa shape index (κ1) is 12.9. The molecule has 0 spiro atoms. The molecule has 0 aliphatic rings. The zero-order valence-electron chi connectivity index (χ0n) is 11.0. The Morgan fingerprint density at radius 1 is 0.850 bits per heavy atom. The van der Waals surface area contributed by atoms with E-state index in [-0.39, 0.29) is 0 Å². The SMILES string of the molecule is ClCCn1cnc(-c2ccccc2)c1-c1ccccc1. The van der Waals surface area contributed by atoms with Crippen molar-refractivity contribution in [3.8, 4) is 22.5 Å². The van der Waals surface area contributed by atoms with Gasteiger partial charge in [-0.05, 0) is 0 Å². The molecule has 0 radical (unpaired) electrons. The van der Waals surface area contributed by atoms with Gasteiger partial charge in [0.1, 0.15) is 0 Å². The summed E-state index contributed by atoms with van der Waals surface area (Å²) in [6.07, 6.45) is 1.87. The fourth-order valence-electron chi connectivity index (χ4n) is 2.35. The third-order valence-corrected chi connectivity index (χ3v) is 3.43. The van der Waals surface area contributed by atoms with Gasteiger partial charge in [0.2, 0.25) is 0 Å². The minimum absolute atomic E-state index is 0.574. The molecule has 0 saturated carbocycles. The maximum atomic E-state index is 5.90. The van der Waals surface area contributed by atoms with Gasteiger partial charge in [-0.15, -0.1) is 11.6 Å². The van der Waals surface area contributed by atoms with E-state index in [4.69, 9.17) is 11.6 Å². The third kappa shape index (κ3) is 2.47. The molecule has 2 aromatic carbocycles. The maximum absolute atomic E-state index is 5.90. The summed E-state index contributed by atoms with van der Waals surface area (Å²) in [5.41, 5.74) is 4.41. The quantitative estimate of drug-likeness (QED) is 0.646. The van der Waals surface area contributed by atoms with Crippen molar-refractivity contribution in [3.05, 3.63) is 67.0 Å². The van der Waals surface area contributed by atoms with Crippen molar-refractivity contribution in [1.29, 1.82) is 0 Å². The van der Waals surface area contributed by atoms with Crippen LogP contribution in [0.4, 0.5) is 0 Å². The van der Waals surface area contributed by atoms with Gasteiger partial charge in [-0.3, -0.25) is 0 Å². The van der Waals surface area contributed by atoms with Crippen LogP contribution in [-0.2, 0) is 6.54 Å². The zero-order chi connectivity index (χ0) is 13.8. The summed E-state index contributed by atoms with van der Waals surface area (Å²) in [4.78, 5) is 4.59. The van der Waals surface area contributed by atoms with E-state index in [0.717, 1.165) is 29.1 Å². The largest absolute Gasteiger partial charge is 0.329 e. The van der Waals surface area contributed by atoms with E-state index in [0.29, 0.717) is 5.88 Å². The first-order chi connectivity index (χ1) is 9.90. The lowest BCUT2D eigenvalue weighted by atomic mass is 10.0. The van der Waals surface area contributed by atoms with Crippen LogP contribution in [0.3, 0.4) is 0 Å². The zero-order valence-corrected chi connectivity index (χ0v) is 11.8. The van der Waals surface area contributed by atoms with Gasteiger partial charge in [0, 0.05) is 23.6 Å². The third-order valence-electron chi connectivity index (χ3n) is 3.26. The van der Waals surface area contributed by atoms with Gasteiger partial charge in [0.25, 0.3) is 0 Å². The number of rotatable bonds is 4. The molecule has 0 saturated heterocycles. The van der Waals surface area contributed by atoms with E-state index in [2.05, 4.69) is 33.8 Å². The molecule has 0 bridgehead atoms. The van der Waals surface area contributed by atoms with E-state index < -0.39 is 0 Å². The van der Waals surface area contributed by atoms with Crippen LogP contribution in [0.15, 0.2) is 67.0 Å². The first-order valence-corrected chi connectivity index (χ1v) is 7.15. The molecule has 1 aromatic heterocycles. The average molecular weight is 283 g/mol. The summed E-state index contributed by atoms with van der Waals surface area (Å²) >= 11 is 5.90. The van der Waals surface area contributed by atoms with Gasteiger partial charge < -0.3 is 4.57 Å². The summed E-state index contributed by atoms with van der Waals surface area (Å²) < 4.78 is 2.12. The molecule has 0 amide bonds. The van der Waals surface area contributed by atoms with Crippen molar-refractivity contribution >= 4 is 11.6 Å². The lowest BCUT2D eigenvalue weighted by Crippen LogP contribution is -2.00. The Morgan fingerprint density at radius 2 is 1.45 bits per heavy atom. The van der Waals surface area contributed by atoms with E-state index >= 15 is 0 Å². The number of hydrogen-bond donors (Lipinski definition) is 0. The molecule has 0 aliphatic carbocycles. The van der Waals surface area contributed by atoms with Crippen molar-refractivity contribution in [3.63, 3.8) is 0 Å². The smallest absolute Gasteiger partial charge is 0.0963 e. The van der Waals surface area contributed by atoms with Crippen molar-refractivity contribution in [2.45, 2.75) is 6.54 Å². The number of alkyl halides is 1. The summed E-state index contributed by atoms with van der Waals surface area (Å²) in [6, 6.07) is 20.6. The van der Waals surface area contributed by atoms with Gasteiger partial charge in [0.15, 0.2) is 0 Å². The average Bonchev–Trinajstić information content (AvgIpc) is 2.93. The molecule has 0 atom stereocenters. The summed E-state index contributed by atoms with van der Waals surface area (Å²) in [7, 11) is 0. The Kier molecular flexibility index (Phi) is 3.84. The summed E-state index contributed by atoms with van der Waals surface area (Å²) in [6.45, 7) is 0.756. The summed E-state index contributed by atoms with van der Waals surface area (Å²) in [5, 5.41) is 0. The molecule has 0 N–H and O–H groups in total. The number of halogens is 1. The topological polar surface area (TPSA) is 17.8 Å². The second-order valence-electron chi connectivity index (χ2n) is 4.56. The van der Waals surface area contributed by atoms with Crippen molar-refractivity contribution in [2.24, 2.45) is 0 Å². The monoisotopic (exact) mass is 282 g/mol. The van der Waals surface area contributed by atoms with Crippen LogP contribution in [0.5, 0.6) is 0 Å². The van der Waals surface area contributed by atoms with E-state index in [1.54, 1.807) is 0 Å². The molecule has 3 aromatic rings. The van der Waals surface area contributed by atoms with Crippen LogP contribution in [0.2, 0.25) is 0 Å². The van der Waals surface area contributed by atoms with E-state index in [1.807, 2.05) is 42.7 Å². The van der Waals surface area contributed by atoms with E-state index in [9.17, 15) is 0 Å². The lowest BCUT2D eigenvalue weighted by Gasteiger charge is -2.09. The Morgan fingerprint density at radius 3 is 2.05 bits per heavy atom. The van der Waals surface area contributed by atoms with Gasteiger partial charge in [0.05, 0.1) is 17.7 Å². The molecular weight excluding hydrogens is 268 g/mol. The maximum Gasteiger partial charge on any atom is 0.0963 e. The Labute approximate surface area is 123 Å². The summed E-state index contributed by atoms with van der Waals surface area (Å²) in [5.74, 6) is 0.574. The number of aromatic nitrogens is 2. The van der Waals surface area contributed by atoms with E-state index in [1.165, 1.54) is 0 Å². The van der Waals surface area contributed by atoms with Crippen LogP contribution in [0.25, 0.3) is 22.5 Å². The Bertz CT molecular complexity index is 675. The molecule has 0 unspecified atom stereocenters. The predicted molar refractivity (Wildman–Crippen MR) is 83.8 cm³/mol. The molecule has 0 aliphatic heterocycles. The van der Waals surface area contributed by atoms with Crippen molar-refractivity contribution in [1.82, 2.24) is 9.55 Å². The number of imidazole rings is 1. The highest BCUT2D eigenvalue weighted by atomic mass is 35.5. The highest BCUT2D eigenvalue weighted by molar-refractivity contribution is 6.17.